The highest BCUT2D eigenvalue weighted by atomic mass is 16.6. The molecule has 0 aliphatic carbocycles. The third-order valence-corrected chi connectivity index (χ3v) is 1.31. The summed E-state index contributed by atoms with van der Waals surface area (Å²) in [6, 6.07) is -0.263. The van der Waals surface area contributed by atoms with Crippen LogP contribution in [0.25, 0.3) is 0 Å². The Balaban J connectivity index is 2.33. The van der Waals surface area contributed by atoms with Crippen molar-refractivity contribution in [2.24, 2.45) is 5.16 Å². The Hall–Kier alpha value is -1.26. The van der Waals surface area contributed by atoms with E-state index in [4.69, 9.17) is 4.84 Å². The molecule has 1 aliphatic heterocycles. The van der Waals surface area contributed by atoms with Crippen LogP contribution in [0.1, 0.15) is 13.3 Å². The molecule has 0 fully saturated rings. The Morgan fingerprint density at radius 2 is 2.55 bits per heavy atom. The molecule has 5 nitrogen and oxygen atoms in total. The molecule has 11 heavy (non-hydrogen) atoms. The van der Waals surface area contributed by atoms with Gasteiger partial charge in [-0.05, 0) is 6.92 Å². The zero-order valence-corrected chi connectivity index (χ0v) is 6.55. The number of oxime groups is 1. The minimum Gasteiger partial charge on any atom is -0.391 e. The zero-order valence-electron chi connectivity index (χ0n) is 6.55. The van der Waals surface area contributed by atoms with Crippen molar-refractivity contribution in [2.45, 2.75) is 19.4 Å². The molecule has 2 amide bonds. The topological polar surface area (TPSA) is 62.7 Å². The van der Waals surface area contributed by atoms with Gasteiger partial charge < -0.3 is 10.2 Å². The summed E-state index contributed by atoms with van der Waals surface area (Å²) in [5.74, 6) is 0.580. The van der Waals surface area contributed by atoms with Crippen molar-refractivity contribution < 1.29 is 9.63 Å². The number of urea groups is 1. The van der Waals surface area contributed by atoms with E-state index >= 15 is 0 Å². The highest BCUT2D eigenvalue weighted by Gasteiger charge is 2.17. The monoisotopic (exact) mass is 157 g/mol. The minimum absolute atomic E-state index is 0.0714. The van der Waals surface area contributed by atoms with E-state index in [1.54, 1.807) is 7.05 Å². The molecule has 0 saturated heterocycles. The van der Waals surface area contributed by atoms with Crippen molar-refractivity contribution in [1.82, 2.24) is 10.6 Å². The summed E-state index contributed by atoms with van der Waals surface area (Å²) >= 11 is 0. The SMILES string of the molecule is CNC(=O)NC1=NOC(C)C1. The van der Waals surface area contributed by atoms with Crippen molar-refractivity contribution in [2.75, 3.05) is 7.05 Å². The van der Waals surface area contributed by atoms with E-state index in [2.05, 4.69) is 15.8 Å². The quantitative estimate of drug-likeness (QED) is 0.521. The van der Waals surface area contributed by atoms with Crippen molar-refractivity contribution in [1.29, 1.82) is 0 Å². The average Bonchev–Trinajstić information content (AvgIpc) is 2.35. The van der Waals surface area contributed by atoms with Gasteiger partial charge in [0.2, 0.25) is 0 Å². The predicted octanol–water partition coefficient (Wildman–Crippen LogP) is 0.0377. The number of carbonyl (C=O) groups is 1. The van der Waals surface area contributed by atoms with Crippen molar-refractivity contribution >= 4 is 11.9 Å². The first kappa shape index (κ1) is 7.84. The number of carbonyl (C=O) groups excluding carboxylic acids is 1. The summed E-state index contributed by atoms with van der Waals surface area (Å²) in [7, 11) is 1.55. The van der Waals surface area contributed by atoms with Gasteiger partial charge >= 0.3 is 6.03 Å². The van der Waals surface area contributed by atoms with E-state index in [0.29, 0.717) is 12.3 Å². The maximum Gasteiger partial charge on any atom is 0.319 e. The van der Waals surface area contributed by atoms with Crippen molar-refractivity contribution in [3.8, 4) is 0 Å². The molecular weight excluding hydrogens is 146 g/mol. The number of amidine groups is 1. The van der Waals surface area contributed by atoms with Crippen LogP contribution >= 0.6 is 0 Å². The van der Waals surface area contributed by atoms with Crippen LogP contribution in [0.3, 0.4) is 0 Å². The molecule has 0 aromatic rings. The van der Waals surface area contributed by atoms with Crippen LogP contribution in [0.4, 0.5) is 4.79 Å². The number of nitrogens with zero attached hydrogens (tertiary/aromatic N) is 1. The van der Waals surface area contributed by atoms with E-state index < -0.39 is 0 Å². The molecule has 0 aromatic heterocycles. The first-order valence-electron chi connectivity index (χ1n) is 3.44. The third kappa shape index (κ3) is 2.10. The number of hydrogen-bond acceptors (Lipinski definition) is 3. The van der Waals surface area contributed by atoms with Crippen LogP contribution in [0.2, 0.25) is 0 Å². The van der Waals surface area contributed by atoms with E-state index in [9.17, 15) is 4.79 Å². The Kier molecular flexibility index (Phi) is 2.30. The van der Waals surface area contributed by atoms with E-state index in [-0.39, 0.29) is 12.1 Å². The Bertz CT molecular complexity index is 190. The first-order valence-corrected chi connectivity index (χ1v) is 3.44. The van der Waals surface area contributed by atoms with Gasteiger partial charge in [-0.15, -0.1) is 0 Å². The molecule has 1 rings (SSSR count). The molecule has 0 bridgehead atoms. The third-order valence-electron chi connectivity index (χ3n) is 1.31. The molecule has 62 valence electrons. The summed E-state index contributed by atoms with van der Waals surface area (Å²) in [5, 5.41) is 8.60. The van der Waals surface area contributed by atoms with Gasteiger partial charge in [0.1, 0.15) is 6.10 Å². The number of amides is 2. The van der Waals surface area contributed by atoms with Gasteiger partial charge in [0, 0.05) is 13.5 Å². The first-order chi connectivity index (χ1) is 5.22. The second-order valence-electron chi connectivity index (χ2n) is 2.36. The standard InChI is InChI=1S/C6H11N3O2/c1-4-3-5(9-11-4)8-6(10)7-2/h4H,3H2,1-2H3,(H2,7,8,9,10). The smallest absolute Gasteiger partial charge is 0.319 e. The van der Waals surface area contributed by atoms with Crippen LogP contribution in [-0.4, -0.2) is 25.0 Å². The summed E-state index contributed by atoms with van der Waals surface area (Å²) in [5.41, 5.74) is 0. The lowest BCUT2D eigenvalue weighted by Gasteiger charge is -2.00. The Morgan fingerprint density at radius 1 is 1.82 bits per heavy atom. The van der Waals surface area contributed by atoms with Gasteiger partial charge in [0.05, 0.1) is 0 Å². The summed E-state index contributed by atoms with van der Waals surface area (Å²) in [6.07, 6.45) is 0.732. The molecule has 0 spiro atoms. The highest BCUT2D eigenvalue weighted by Crippen LogP contribution is 2.06. The Labute approximate surface area is 64.8 Å². The second-order valence-corrected chi connectivity index (χ2v) is 2.36. The largest absolute Gasteiger partial charge is 0.391 e. The van der Waals surface area contributed by atoms with Crippen molar-refractivity contribution in [3.05, 3.63) is 0 Å². The summed E-state index contributed by atoms with van der Waals surface area (Å²) in [4.78, 5) is 15.6. The van der Waals surface area contributed by atoms with Gasteiger partial charge in [0.15, 0.2) is 5.84 Å². The Morgan fingerprint density at radius 3 is 3.00 bits per heavy atom. The number of hydrogen-bond donors (Lipinski definition) is 2. The molecule has 0 aromatic carbocycles. The lowest BCUT2D eigenvalue weighted by molar-refractivity contribution is 0.0995. The number of nitrogens with one attached hydrogen (secondary N) is 2. The second kappa shape index (κ2) is 3.23. The van der Waals surface area contributed by atoms with Gasteiger partial charge in [0.25, 0.3) is 0 Å². The summed E-state index contributed by atoms with van der Waals surface area (Å²) < 4.78 is 0. The molecule has 1 heterocycles. The van der Waals surface area contributed by atoms with E-state index in [0.717, 1.165) is 0 Å². The van der Waals surface area contributed by atoms with Crippen LogP contribution < -0.4 is 10.6 Å². The fraction of sp³-hybridized carbons (Fsp3) is 0.667. The van der Waals surface area contributed by atoms with Gasteiger partial charge in [-0.2, -0.15) is 0 Å². The maximum atomic E-state index is 10.7. The lowest BCUT2D eigenvalue weighted by Crippen LogP contribution is -2.37. The molecule has 0 radical (unpaired) electrons. The molecule has 1 aliphatic rings. The molecule has 1 atom stereocenters. The molecule has 0 saturated carbocycles. The zero-order chi connectivity index (χ0) is 8.27. The van der Waals surface area contributed by atoms with Gasteiger partial charge in [-0.1, -0.05) is 5.16 Å². The normalized spacial score (nSPS) is 22.0. The maximum absolute atomic E-state index is 10.7. The van der Waals surface area contributed by atoms with Crippen LogP contribution in [0.5, 0.6) is 0 Å². The number of rotatable bonds is 0. The molecule has 5 heteroatoms. The van der Waals surface area contributed by atoms with Crippen molar-refractivity contribution in [3.63, 3.8) is 0 Å². The van der Waals surface area contributed by atoms with Crippen LogP contribution in [-0.2, 0) is 4.84 Å². The fourth-order valence-corrected chi connectivity index (χ4v) is 0.768. The van der Waals surface area contributed by atoms with Gasteiger partial charge in [-0.25, -0.2) is 4.79 Å². The molecule has 1 unspecified atom stereocenters. The fourth-order valence-electron chi connectivity index (χ4n) is 0.768. The lowest BCUT2D eigenvalue weighted by atomic mass is 10.3. The molecular formula is C6H11N3O2. The van der Waals surface area contributed by atoms with Crippen LogP contribution in [0, 0.1) is 0 Å². The summed E-state index contributed by atoms with van der Waals surface area (Å²) in [6.45, 7) is 1.89. The predicted molar refractivity (Wildman–Crippen MR) is 40.2 cm³/mol. The average molecular weight is 157 g/mol. The van der Waals surface area contributed by atoms with Gasteiger partial charge in [-0.3, -0.25) is 5.32 Å². The van der Waals surface area contributed by atoms with E-state index in [1.165, 1.54) is 0 Å². The van der Waals surface area contributed by atoms with E-state index in [1.807, 2.05) is 6.92 Å². The van der Waals surface area contributed by atoms with Crippen LogP contribution in [0.15, 0.2) is 5.16 Å². The minimum atomic E-state index is -0.263. The highest BCUT2D eigenvalue weighted by molar-refractivity contribution is 5.97. The molecule has 2 N–H and O–H groups in total.